The Labute approximate surface area is 136 Å². The van der Waals surface area contributed by atoms with E-state index in [0.717, 1.165) is 19.3 Å². The second-order valence-corrected chi connectivity index (χ2v) is 6.24. The molecule has 2 N–H and O–H groups in total. The van der Waals surface area contributed by atoms with Crippen molar-refractivity contribution in [2.45, 2.75) is 38.3 Å². The zero-order chi connectivity index (χ0) is 16.2. The predicted octanol–water partition coefficient (Wildman–Crippen LogP) is 2.22. The van der Waals surface area contributed by atoms with E-state index in [1.807, 2.05) is 6.92 Å². The molecule has 3 rings (SSSR count). The van der Waals surface area contributed by atoms with Crippen LogP contribution in [0.5, 0.6) is 0 Å². The van der Waals surface area contributed by atoms with Gasteiger partial charge in [-0.25, -0.2) is 4.79 Å². The molecule has 1 heterocycles. The van der Waals surface area contributed by atoms with Crippen LogP contribution in [0, 0.1) is 0 Å². The van der Waals surface area contributed by atoms with Crippen molar-refractivity contribution >= 4 is 17.6 Å². The SMILES string of the molecule is CC1CN(C(=O)Nc2cccc(C(=O)NC3CC3)c2)CCCO1. The van der Waals surface area contributed by atoms with Gasteiger partial charge in [-0.1, -0.05) is 6.07 Å². The average Bonchev–Trinajstić information content (AvgIpc) is 3.35. The first-order valence-corrected chi connectivity index (χ1v) is 8.20. The number of carbonyl (C=O) groups excluding carboxylic acids is 2. The number of benzene rings is 1. The predicted molar refractivity (Wildman–Crippen MR) is 87.6 cm³/mol. The standard InChI is InChI=1S/C17H23N3O3/c1-12-11-20(8-3-9-23-12)17(22)19-15-5-2-4-13(10-15)16(21)18-14-6-7-14/h2,4-5,10,12,14H,3,6-9,11H2,1H3,(H,18,21)(H,19,22). The number of hydrogen-bond donors (Lipinski definition) is 2. The zero-order valence-corrected chi connectivity index (χ0v) is 13.4. The van der Waals surface area contributed by atoms with Crippen LogP contribution in [-0.2, 0) is 4.74 Å². The molecule has 124 valence electrons. The normalized spacial score (nSPS) is 21.4. The lowest BCUT2D eigenvalue weighted by atomic mass is 10.2. The Hall–Kier alpha value is -2.08. The van der Waals surface area contributed by atoms with Crippen molar-refractivity contribution < 1.29 is 14.3 Å². The smallest absolute Gasteiger partial charge is 0.321 e. The van der Waals surface area contributed by atoms with E-state index in [-0.39, 0.29) is 18.0 Å². The van der Waals surface area contributed by atoms with Crippen LogP contribution >= 0.6 is 0 Å². The maximum absolute atomic E-state index is 12.4. The number of amides is 3. The van der Waals surface area contributed by atoms with E-state index in [2.05, 4.69) is 10.6 Å². The van der Waals surface area contributed by atoms with Gasteiger partial charge in [0.1, 0.15) is 0 Å². The number of rotatable bonds is 3. The van der Waals surface area contributed by atoms with Crippen LogP contribution in [0.4, 0.5) is 10.5 Å². The van der Waals surface area contributed by atoms with E-state index < -0.39 is 0 Å². The molecule has 6 nitrogen and oxygen atoms in total. The Bertz CT molecular complexity index is 586. The fourth-order valence-corrected chi connectivity index (χ4v) is 2.62. The van der Waals surface area contributed by atoms with Crippen molar-refractivity contribution in [1.82, 2.24) is 10.2 Å². The Kier molecular flexibility index (Phi) is 4.81. The van der Waals surface area contributed by atoms with Gasteiger partial charge in [0.2, 0.25) is 0 Å². The number of hydrogen-bond acceptors (Lipinski definition) is 3. The van der Waals surface area contributed by atoms with Crippen LogP contribution in [0.3, 0.4) is 0 Å². The third-order valence-electron chi connectivity index (χ3n) is 4.03. The Morgan fingerprint density at radius 3 is 2.91 bits per heavy atom. The number of carbonyl (C=O) groups is 2. The molecule has 2 fully saturated rings. The van der Waals surface area contributed by atoms with Gasteiger partial charge in [-0.05, 0) is 44.4 Å². The number of nitrogens with one attached hydrogen (secondary N) is 2. The summed E-state index contributed by atoms with van der Waals surface area (Å²) in [4.78, 5) is 26.2. The van der Waals surface area contributed by atoms with Crippen molar-refractivity contribution in [2.24, 2.45) is 0 Å². The van der Waals surface area contributed by atoms with Crippen molar-refractivity contribution in [2.75, 3.05) is 25.0 Å². The van der Waals surface area contributed by atoms with E-state index in [1.54, 1.807) is 29.2 Å². The minimum atomic E-state index is -0.151. The summed E-state index contributed by atoms with van der Waals surface area (Å²) >= 11 is 0. The van der Waals surface area contributed by atoms with Gasteiger partial charge in [-0.15, -0.1) is 0 Å². The van der Waals surface area contributed by atoms with Crippen molar-refractivity contribution in [1.29, 1.82) is 0 Å². The molecule has 1 aromatic carbocycles. The van der Waals surface area contributed by atoms with Crippen LogP contribution in [0.15, 0.2) is 24.3 Å². The molecule has 0 aromatic heterocycles. The molecule has 0 radical (unpaired) electrons. The molecule has 2 aliphatic rings. The third-order valence-corrected chi connectivity index (χ3v) is 4.03. The summed E-state index contributed by atoms with van der Waals surface area (Å²) in [6.45, 7) is 3.90. The van der Waals surface area contributed by atoms with Gasteiger partial charge in [0, 0.05) is 37.0 Å². The quantitative estimate of drug-likeness (QED) is 0.898. The van der Waals surface area contributed by atoms with Crippen molar-refractivity contribution in [3.8, 4) is 0 Å². The van der Waals surface area contributed by atoms with Gasteiger partial charge < -0.3 is 20.3 Å². The van der Waals surface area contributed by atoms with E-state index in [0.29, 0.717) is 37.0 Å². The summed E-state index contributed by atoms with van der Waals surface area (Å²) in [5, 5.41) is 5.83. The van der Waals surface area contributed by atoms with Gasteiger partial charge in [0.05, 0.1) is 6.10 Å². The molecular formula is C17H23N3O3. The molecule has 3 amide bonds. The Morgan fingerprint density at radius 1 is 1.30 bits per heavy atom. The van der Waals surface area contributed by atoms with Crippen LogP contribution < -0.4 is 10.6 Å². The molecule has 1 unspecified atom stereocenters. The minimum Gasteiger partial charge on any atom is -0.377 e. The van der Waals surface area contributed by atoms with Gasteiger partial charge in [0.25, 0.3) is 5.91 Å². The number of nitrogens with zero attached hydrogens (tertiary/aromatic N) is 1. The van der Waals surface area contributed by atoms with E-state index in [9.17, 15) is 9.59 Å². The largest absolute Gasteiger partial charge is 0.377 e. The first kappa shape index (κ1) is 15.8. The first-order valence-electron chi connectivity index (χ1n) is 8.20. The molecule has 1 aliphatic heterocycles. The summed E-state index contributed by atoms with van der Waals surface area (Å²) in [7, 11) is 0. The summed E-state index contributed by atoms with van der Waals surface area (Å²) in [6, 6.07) is 7.22. The molecule has 1 atom stereocenters. The zero-order valence-electron chi connectivity index (χ0n) is 13.4. The second-order valence-electron chi connectivity index (χ2n) is 6.24. The van der Waals surface area contributed by atoms with Crippen LogP contribution in [0.2, 0.25) is 0 Å². The number of anilines is 1. The summed E-state index contributed by atoms with van der Waals surface area (Å²) in [5.74, 6) is -0.0830. The maximum atomic E-state index is 12.4. The van der Waals surface area contributed by atoms with E-state index in [4.69, 9.17) is 4.74 Å². The van der Waals surface area contributed by atoms with E-state index >= 15 is 0 Å². The summed E-state index contributed by atoms with van der Waals surface area (Å²) < 4.78 is 5.55. The molecule has 1 aliphatic carbocycles. The fraction of sp³-hybridized carbons (Fsp3) is 0.529. The van der Waals surface area contributed by atoms with E-state index in [1.165, 1.54) is 0 Å². The Balaban J connectivity index is 1.62. The van der Waals surface area contributed by atoms with Crippen molar-refractivity contribution in [3.05, 3.63) is 29.8 Å². The first-order chi connectivity index (χ1) is 11.1. The van der Waals surface area contributed by atoms with Gasteiger partial charge in [-0.2, -0.15) is 0 Å². The van der Waals surface area contributed by atoms with Gasteiger partial charge >= 0.3 is 6.03 Å². The monoisotopic (exact) mass is 317 g/mol. The number of urea groups is 1. The molecule has 1 saturated heterocycles. The van der Waals surface area contributed by atoms with Crippen LogP contribution in [0.1, 0.15) is 36.5 Å². The topological polar surface area (TPSA) is 70.7 Å². The molecule has 1 saturated carbocycles. The molecule has 0 bridgehead atoms. The third kappa shape index (κ3) is 4.45. The molecule has 6 heteroatoms. The Morgan fingerprint density at radius 2 is 2.13 bits per heavy atom. The highest BCUT2D eigenvalue weighted by Crippen LogP contribution is 2.20. The highest BCUT2D eigenvalue weighted by atomic mass is 16.5. The lowest BCUT2D eigenvalue weighted by molar-refractivity contribution is 0.0718. The number of ether oxygens (including phenoxy) is 1. The van der Waals surface area contributed by atoms with Gasteiger partial charge in [0.15, 0.2) is 0 Å². The van der Waals surface area contributed by atoms with Crippen LogP contribution in [0.25, 0.3) is 0 Å². The molecule has 0 spiro atoms. The maximum Gasteiger partial charge on any atom is 0.321 e. The molecule has 1 aromatic rings. The minimum absolute atomic E-state index is 0.0407. The lowest BCUT2D eigenvalue weighted by Crippen LogP contribution is -2.39. The summed E-state index contributed by atoms with van der Waals surface area (Å²) in [5.41, 5.74) is 1.21. The van der Waals surface area contributed by atoms with Crippen LogP contribution in [-0.4, -0.2) is 48.7 Å². The molecule has 23 heavy (non-hydrogen) atoms. The lowest BCUT2D eigenvalue weighted by Gasteiger charge is -2.22. The summed E-state index contributed by atoms with van der Waals surface area (Å²) in [6.07, 6.45) is 2.98. The fourth-order valence-electron chi connectivity index (χ4n) is 2.62. The molecular weight excluding hydrogens is 294 g/mol. The highest BCUT2D eigenvalue weighted by molar-refractivity contribution is 5.97. The average molecular weight is 317 g/mol. The van der Waals surface area contributed by atoms with Crippen molar-refractivity contribution in [3.63, 3.8) is 0 Å². The second kappa shape index (κ2) is 7.00. The van der Waals surface area contributed by atoms with Gasteiger partial charge in [-0.3, -0.25) is 4.79 Å². The highest BCUT2D eigenvalue weighted by Gasteiger charge is 2.24.